The third-order valence-corrected chi connectivity index (χ3v) is 2.92. The predicted octanol–water partition coefficient (Wildman–Crippen LogP) is 4.25. The van der Waals surface area contributed by atoms with Gasteiger partial charge in [0.15, 0.2) is 0 Å². The van der Waals surface area contributed by atoms with E-state index < -0.39 is 0 Å². The summed E-state index contributed by atoms with van der Waals surface area (Å²) in [6.45, 7) is 6.54. The zero-order valence-electron chi connectivity index (χ0n) is 8.69. The molecule has 1 aromatic heterocycles. The molecule has 0 radical (unpaired) electrons. The van der Waals surface area contributed by atoms with E-state index in [2.05, 4.69) is 31.8 Å². The molecule has 1 nitrogen and oxygen atoms in total. The zero-order chi connectivity index (χ0) is 10.3. The molecule has 0 unspecified atom stereocenters. The van der Waals surface area contributed by atoms with Gasteiger partial charge in [0.2, 0.25) is 0 Å². The summed E-state index contributed by atoms with van der Waals surface area (Å²) in [6, 6.07) is 4.14. The van der Waals surface area contributed by atoms with Crippen molar-refractivity contribution in [2.75, 3.05) is 0 Å². The molecule has 2 aromatic rings. The molecule has 0 spiro atoms. The van der Waals surface area contributed by atoms with E-state index in [1.807, 2.05) is 12.3 Å². The highest BCUT2D eigenvalue weighted by Gasteiger charge is 2.11. The van der Waals surface area contributed by atoms with E-state index in [1.165, 1.54) is 16.5 Å². The van der Waals surface area contributed by atoms with Gasteiger partial charge in [-0.2, -0.15) is 0 Å². The van der Waals surface area contributed by atoms with Crippen molar-refractivity contribution in [3.05, 3.63) is 34.5 Å². The van der Waals surface area contributed by atoms with Gasteiger partial charge in [-0.15, -0.1) is 0 Å². The van der Waals surface area contributed by atoms with E-state index in [9.17, 15) is 0 Å². The molecule has 0 amide bonds. The summed E-state index contributed by atoms with van der Waals surface area (Å²) >= 11 is 6.15. The third kappa shape index (κ3) is 1.32. The van der Waals surface area contributed by atoms with Gasteiger partial charge in [0.05, 0.1) is 10.5 Å². The van der Waals surface area contributed by atoms with Crippen molar-refractivity contribution in [3.8, 4) is 0 Å². The smallest absolute Gasteiger partial charge is 0.0649 e. The Kier molecular flexibility index (Phi) is 2.28. The number of aryl methyl sites for hydroxylation is 1. The van der Waals surface area contributed by atoms with Crippen molar-refractivity contribution in [1.29, 1.82) is 0 Å². The van der Waals surface area contributed by atoms with Crippen molar-refractivity contribution in [2.45, 2.75) is 26.7 Å². The lowest BCUT2D eigenvalue weighted by Crippen LogP contribution is -1.93. The van der Waals surface area contributed by atoms with Crippen LogP contribution in [0.25, 0.3) is 10.9 Å². The van der Waals surface area contributed by atoms with Gasteiger partial charge in [0.25, 0.3) is 0 Å². The van der Waals surface area contributed by atoms with Crippen LogP contribution in [0, 0.1) is 6.92 Å². The molecule has 0 aliphatic rings. The average Bonchev–Trinajstić information content (AvgIpc) is 2.51. The highest BCUT2D eigenvalue weighted by Crippen LogP contribution is 2.32. The number of rotatable bonds is 1. The van der Waals surface area contributed by atoms with Crippen LogP contribution in [-0.2, 0) is 0 Å². The van der Waals surface area contributed by atoms with Crippen molar-refractivity contribution < 1.29 is 0 Å². The zero-order valence-corrected chi connectivity index (χ0v) is 9.44. The first-order valence-corrected chi connectivity index (χ1v) is 5.25. The molecule has 74 valence electrons. The van der Waals surface area contributed by atoms with Crippen LogP contribution in [0.15, 0.2) is 18.3 Å². The largest absolute Gasteiger partial charge is 0.360 e. The fourth-order valence-corrected chi connectivity index (χ4v) is 2.43. The summed E-state index contributed by atoms with van der Waals surface area (Å²) in [5.74, 6) is 0.533. The predicted molar refractivity (Wildman–Crippen MR) is 62.1 cm³/mol. The Morgan fingerprint density at radius 3 is 2.71 bits per heavy atom. The summed E-state index contributed by atoms with van der Waals surface area (Å²) < 4.78 is 0. The number of aromatic amines is 1. The maximum absolute atomic E-state index is 6.15. The van der Waals surface area contributed by atoms with Crippen LogP contribution in [0.1, 0.15) is 30.9 Å². The lowest BCUT2D eigenvalue weighted by molar-refractivity contribution is 0.867. The second kappa shape index (κ2) is 3.32. The fourth-order valence-electron chi connectivity index (χ4n) is 2.11. The number of hydrogen-bond donors (Lipinski definition) is 1. The Balaban J connectivity index is 2.86. The Morgan fingerprint density at radius 2 is 2.07 bits per heavy atom. The highest BCUT2D eigenvalue weighted by molar-refractivity contribution is 6.35. The van der Waals surface area contributed by atoms with Gasteiger partial charge in [-0.05, 0) is 36.1 Å². The third-order valence-electron chi connectivity index (χ3n) is 2.62. The highest BCUT2D eigenvalue weighted by atomic mass is 35.5. The maximum atomic E-state index is 6.15. The summed E-state index contributed by atoms with van der Waals surface area (Å²) in [5.41, 5.74) is 3.73. The molecule has 0 atom stereocenters. The van der Waals surface area contributed by atoms with Crippen LogP contribution in [0.3, 0.4) is 0 Å². The van der Waals surface area contributed by atoms with Gasteiger partial charge < -0.3 is 4.98 Å². The van der Waals surface area contributed by atoms with E-state index in [0.29, 0.717) is 5.92 Å². The Bertz CT molecular complexity index is 468. The molecule has 0 bridgehead atoms. The molecule has 2 rings (SSSR count). The van der Waals surface area contributed by atoms with Gasteiger partial charge >= 0.3 is 0 Å². The van der Waals surface area contributed by atoms with E-state index in [0.717, 1.165) is 10.5 Å². The molecule has 0 fully saturated rings. The van der Waals surface area contributed by atoms with Crippen LogP contribution in [0.2, 0.25) is 5.02 Å². The number of hydrogen-bond acceptors (Lipinski definition) is 0. The number of benzene rings is 1. The molecule has 1 heterocycles. The van der Waals surface area contributed by atoms with E-state index >= 15 is 0 Å². The molecule has 2 heteroatoms. The van der Waals surface area contributed by atoms with Crippen molar-refractivity contribution in [2.24, 2.45) is 0 Å². The van der Waals surface area contributed by atoms with Gasteiger partial charge in [-0.3, -0.25) is 0 Å². The van der Waals surface area contributed by atoms with Gasteiger partial charge in [0.1, 0.15) is 0 Å². The molecule has 0 saturated carbocycles. The lowest BCUT2D eigenvalue weighted by Gasteiger charge is -2.12. The topological polar surface area (TPSA) is 15.8 Å². The Hall–Kier alpha value is -0.950. The lowest BCUT2D eigenvalue weighted by atomic mass is 9.94. The number of fused-ring (bicyclic) bond motifs is 1. The van der Waals surface area contributed by atoms with Crippen molar-refractivity contribution >= 4 is 22.5 Å². The molecule has 0 aliphatic carbocycles. The van der Waals surface area contributed by atoms with Crippen LogP contribution < -0.4 is 0 Å². The van der Waals surface area contributed by atoms with E-state index in [-0.39, 0.29) is 0 Å². The molecular formula is C12H14ClN. The first kappa shape index (κ1) is 9.60. The van der Waals surface area contributed by atoms with Crippen molar-refractivity contribution in [3.63, 3.8) is 0 Å². The average molecular weight is 208 g/mol. The molecular weight excluding hydrogens is 194 g/mol. The normalized spacial score (nSPS) is 11.5. The number of H-pyrrole nitrogens is 1. The monoisotopic (exact) mass is 207 g/mol. The van der Waals surface area contributed by atoms with E-state index in [4.69, 9.17) is 11.6 Å². The SMILES string of the molecule is Cc1cc(Cl)c2[nH]ccc2c1C(C)C. The first-order chi connectivity index (χ1) is 6.61. The maximum Gasteiger partial charge on any atom is 0.0649 e. The van der Waals surface area contributed by atoms with Crippen LogP contribution in [-0.4, -0.2) is 4.98 Å². The molecule has 0 aliphatic heterocycles. The molecule has 1 N–H and O–H groups in total. The number of aromatic nitrogens is 1. The second-order valence-electron chi connectivity index (χ2n) is 4.01. The van der Waals surface area contributed by atoms with E-state index in [1.54, 1.807) is 0 Å². The molecule has 0 saturated heterocycles. The van der Waals surface area contributed by atoms with Crippen LogP contribution >= 0.6 is 11.6 Å². The van der Waals surface area contributed by atoms with Crippen molar-refractivity contribution in [1.82, 2.24) is 4.98 Å². The summed E-state index contributed by atoms with van der Waals surface area (Å²) in [7, 11) is 0. The standard InChI is InChI=1S/C12H14ClN/c1-7(2)11-8(3)6-10(13)12-9(11)4-5-14-12/h4-7,14H,1-3H3. The minimum absolute atomic E-state index is 0.533. The molecule has 1 aromatic carbocycles. The summed E-state index contributed by atoms with van der Waals surface area (Å²) in [4.78, 5) is 3.18. The number of nitrogens with one attached hydrogen (secondary N) is 1. The van der Waals surface area contributed by atoms with Crippen LogP contribution in [0.5, 0.6) is 0 Å². The Labute approximate surface area is 89.1 Å². The minimum atomic E-state index is 0.533. The van der Waals surface area contributed by atoms with Gasteiger partial charge in [-0.1, -0.05) is 25.4 Å². The Morgan fingerprint density at radius 1 is 1.36 bits per heavy atom. The first-order valence-electron chi connectivity index (χ1n) is 4.87. The minimum Gasteiger partial charge on any atom is -0.360 e. The molecule has 14 heavy (non-hydrogen) atoms. The van der Waals surface area contributed by atoms with Crippen LogP contribution in [0.4, 0.5) is 0 Å². The fraction of sp³-hybridized carbons (Fsp3) is 0.333. The van der Waals surface area contributed by atoms with Gasteiger partial charge in [-0.25, -0.2) is 0 Å². The number of halogens is 1. The second-order valence-corrected chi connectivity index (χ2v) is 4.42. The quantitative estimate of drug-likeness (QED) is 0.720. The van der Waals surface area contributed by atoms with Gasteiger partial charge in [0, 0.05) is 11.6 Å². The summed E-state index contributed by atoms with van der Waals surface area (Å²) in [6.07, 6.45) is 1.95. The summed E-state index contributed by atoms with van der Waals surface area (Å²) in [5, 5.41) is 2.07.